The summed E-state index contributed by atoms with van der Waals surface area (Å²) >= 11 is 0. The largest absolute Gasteiger partial charge is 0.481 e. The number of aliphatic carboxylic acids is 2. The Morgan fingerprint density at radius 1 is 1.15 bits per heavy atom. The minimum Gasteiger partial charge on any atom is -0.481 e. The van der Waals surface area contributed by atoms with Gasteiger partial charge in [0.25, 0.3) is 0 Å². The van der Waals surface area contributed by atoms with Crippen LogP contribution in [-0.4, -0.2) is 28.2 Å². The smallest absolute Gasteiger partial charge is 0.321 e. The summed E-state index contributed by atoms with van der Waals surface area (Å²) in [5.41, 5.74) is 4.84. The maximum atomic E-state index is 9.85. The van der Waals surface area contributed by atoms with Gasteiger partial charge in [-0.15, -0.1) is 26.3 Å². The average Bonchev–Trinajstić information content (AvgIpc) is 2.10. The van der Waals surface area contributed by atoms with Gasteiger partial charge in [0.05, 0.1) is 6.42 Å². The van der Waals surface area contributed by atoms with Gasteiger partial charge in [0, 0.05) is 0 Å². The van der Waals surface area contributed by atoms with Crippen LogP contribution >= 0.6 is 0 Å². The van der Waals surface area contributed by atoms with E-state index in [9.17, 15) is 9.59 Å². The molecule has 13 heavy (non-hydrogen) atoms. The van der Waals surface area contributed by atoms with Gasteiger partial charge in [0.1, 0.15) is 6.04 Å². The molecule has 0 aromatic carbocycles. The van der Waals surface area contributed by atoms with Crippen molar-refractivity contribution in [1.82, 2.24) is 0 Å². The lowest BCUT2D eigenvalue weighted by molar-refractivity contribution is -0.144. The Kier molecular flexibility index (Phi) is 17.5. The zero-order valence-corrected chi connectivity index (χ0v) is 7.40. The molecule has 4 N–H and O–H groups in total. The third-order valence-corrected chi connectivity index (χ3v) is 0.712. The summed E-state index contributed by atoms with van der Waals surface area (Å²) < 4.78 is 0. The Balaban J connectivity index is -0.000000218. The Hall–Kier alpha value is -1.62. The first-order valence-electron chi connectivity index (χ1n) is 3.24. The van der Waals surface area contributed by atoms with Crippen molar-refractivity contribution in [3.8, 4) is 0 Å². The van der Waals surface area contributed by atoms with Crippen LogP contribution in [-0.2, 0) is 9.59 Å². The van der Waals surface area contributed by atoms with E-state index in [0.717, 1.165) is 0 Å². The summed E-state index contributed by atoms with van der Waals surface area (Å²) in [6.45, 7) is 12.0. The first kappa shape index (κ1) is 17.5. The van der Waals surface area contributed by atoms with E-state index in [0.29, 0.717) is 0 Å². The van der Waals surface area contributed by atoms with Crippen molar-refractivity contribution >= 4 is 11.9 Å². The van der Waals surface area contributed by atoms with Crippen LogP contribution in [0, 0.1) is 0 Å². The maximum Gasteiger partial charge on any atom is 0.321 e. The quantitative estimate of drug-likeness (QED) is 0.560. The lowest BCUT2D eigenvalue weighted by atomic mass is 10.2. The number of nitrogens with two attached hydrogens (primary N) is 1. The fraction of sp³-hybridized carbons (Fsp3) is 0.250. The Labute approximate surface area is 77.2 Å². The van der Waals surface area contributed by atoms with Gasteiger partial charge in [0.15, 0.2) is 0 Å². The van der Waals surface area contributed by atoms with Crippen molar-refractivity contribution in [2.45, 2.75) is 12.5 Å². The fourth-order valence-corrected chi connectivity index (χ4v) is 0.275. The highest BCUT2D eigenvalue weighted by Gasteiger charge is 2.14. The van der Waals surface area contributed by atoms with Crippen LogP contribution in [0.1, 0.15) is 6.42 Å². The van der Waals surface area contributed by atoms with E-state index in [2.05, 4.69) is 26.3 Å². The van der Waals surface area contributed by atoms with Crippen molar-refractivity contribution in [2.24, 2.45) is 5.73 Å². The predicted octanol–water partition coefficient (Wildman–Crippen LogP) is 0.477. The summed E-state index contributed by atoms with van der Waals surface area (Å²) in [5.74, 6) is -2.50. The second-order valence-corrected chi connectivity index (χ2v) is 1.54. The first-order chi connectivity index (χ1) is 6.04. The second-order valence-electron chi connectivity index (χ2n) is 1.54. The molecular weight excluding hydrogens is 174 g/mol. The molecule has 0 heterocycles. The van der Waals surface area contributed by atoms with Crippen LogP contribution in [0.2, 0.25) is 0 Å². The molecule has 0 spiro atoms. The van der Waals surface area contributed by atoms with E-state index in [1.807, 2.05) is 0 Å². The number of carboxylic acids is 2. The summed E-state index contributed by atoms with van der Waals surface area (Å²) in [6.07, 6.45) is -0.532. The van der Waals surface area contributed by atoms with Gasteiger partial charge in [0.2, 0.25) is 0 Å². The molecular formula is C8H15NO4. The monoisotopic (exact) mass is 189 g/mol. The van der Waals surface area contributed by atoms with E-state index < -0.39 is 24.4 Å². The van der Waals surface area contributed by atoms with Gasteiger partial charge >= 0.3 is 11.9 Å². The van der Waals surface area contributed by atoms with E-state index in [4.69, 9.17) is 15.9 Å². The van der Waals surface area contributed by atoms with Crippen LogP contribution in [0.3, 0.4) is 0 Å². The Bertz CT molecular complexity index is 156. The third kappa shape index (κ3) is 17.9. The molecule has 0 saturated heterocycles. The standard InChI is InChI=1S/C4H7NO4.2C2H4/c5-2(4(8)9)1-3(6)7;2*1-2/h2H,1,5H2,(H,6,7)(H,8,9);2*1-2H2/t2-;;/m0../s1. The van der Waals surface area contributed by atoms with E-state index >= 15 is 0 Å². The molecule has 0 aliphatic heterocycles. The molecule has 0 bridgehead atoms. The van der Waals surface area contributed by atoms with E-state index in [1.54, 1.807) is 0 Å². The highest BCUT2D eigenvalue weighted by Crippen LogP contribution is 1.86. The summed E-state index contributed by atoms with van der Waals surface area (Å²) in [4.78, 5) is 19.6. The highest BCUT2D eigenvalue weighted by atomic mass is 16.4. The number of hydrogen-bond donors (Lipinski definition) is 3. The van der Waals surface area contributed by atoms with Gasteiger partial charge in [-0.1, -0.05) is 0 Å². The molecule has 0 aliphatic carbocycles. The molecule has 1 atom stereocenters. The van der Waals surface area contributed by atoms with Crippen LogP contribution in [0.5, 0.6) is 0 Å². The van der Waals surface area contributed by atoms with Crippen LogP contribution < -0.4 is 5.73 Å². The Morgan fingerprint density at radius 2 is 1.46 bits per heavy atom. The lowest BCUT2D eigenvalue weighted by Gasteiger charge is -1.99. The topological polar surface area (TPSA) is 101 Å². The molecule has 0 fully saturated rings. The van der Waals surface area contributed by atoms with E-state index in [-0.39, 0.29) is 0 Å². The van der Waals surface area contributed by atoms with Crippen molar-refractivity contribution in [3.63, 3.8) is 0 Å². The molecule has 0 unspecified atom stereocenters. The van der Waals surface area contributed by atoms with Gasteiger partial charge in [-0.3, -0.25) is 9.59 Å². The molecule has 0 radical (unpaired) electrons. The van der Waals surface area contributed by atoms with Gasteiger partial charge < -0.3 is 15.9 Å². The van der Waals surface area contributed by atoms with E-state index in [1.165, 1.54) is 0 Å². The van der Waals surface area contributed by atoms with Crippen molar-refractivity contribution in [2.75, 3.05) is 0 Å². The minimum absolute atomic E-state index is 0.532. The SMILES string of the molecule is C=C.C=C.N[C@@H](CC(=O)O)C(=O)O. The van der Waals surface area contributed by atoms with Crippen LogP contribution in [0.15, 0.2) is 26.3 Å². The normalized spacial score (nSPS) is 9.31. The average molecular weight is 189 g/mol. The number of hydrogen-bond acceptors (Lipinski definition) is 3. The Morgan fingerprint density at radius 3 is 1.54 bits per heavy atom. The zero-order valence-electron chi connectivity index (χ0n) is 7.40. The van der Waals surface area contributed by atoms with Crippen LogP contribution in [0.4, 0.5) is 0 Å². The molecule has 0 aromatic heterocycles. The van der Waals surface area contributed by atoms with Crippen molar-refractivity contribution in [3.05, 3.63) is 26.3 Å². The van der Waals surface area contributed by atoms with Crippen molar-refractivity contribution < 1.29 is 19.8 Å². The molecule has 0 saturated carbocycles. The second kappa shape index (κ2) is 13.0. The maximum absolute atomic E-state index is 9.85. The van der Waals surface area contributed by atoms with Crippen molar-refractivity contribution in [1.29, 1.82) is 0 Å². The molecule has 0 rings (SSSR count). The zero-order chi connectivity index (χ0) is 11.4. The molecule has 5 nitrogen and oxygen atoms in total. The van der Waals surface area contributed by atoms with Gasteiger partial charge in [-0.25, -0.2) is 0 Å². The lowest BCUT2D eigenvalue weighted by Crippen LogP contribution is -2.32. The first-order valence-corrected chi connectivity index (χ1v) is 3.24. The minimum atomic E-state index is -1.29. The molecule has 0 amide bonds. The molecule has 5 heteroatoms. The predicted molar refractivity (Wildman–Crippen MR) is 50.4 cm³/mol. The number of carboxylic acid groups (broad SMARTS) is 2. The molecule has 0 aromatic rings. The number of rotatable bonds is 3. The highest BCUT2D eigenvalue weighted by molar-refractivity contribution is 5.80. The summed E-state index contributed by atoms with van der Waals surface area (Å²) in [5, 5.41) is 16.0. The molecule has 76 valence electrons. The third-order valence-electron chi connectivity index (χ3n) is 0.712. The number of carbonyl (C=O) groups is 2. The summed E-state index contributed by atoms with van der Waals surface area (Å²) in [6, 6.07) is -1.29. The van der Waals surface area contributed by atoms with Crippen LogP contribution in [0.25, 0.3) is 0 Å². The fourth-order valence-electron chi connectivity index (χ4n) is 0.275. The van der Waals surface area contributed by atoms with Gasteiger partial charge in [-0.05, 0) is 0 Å². The summed E-state index contributed by atoms with van der Waals surface area (Å²) in [7, 11) is 0. The van der Waals surface area contributed by atoms with Gasteiger partial charge in [-0.2, -0.15) is 0 Å². The molecule has 0 aliphatic rings.